The monoisotopic (exact) mass is 478 g/mol. The number of nitrogens with one attached hydrogen (secondary N) is 2. The molecule has 0 atom stereocenters. The van der Waals surface area contributed by atoms with Crippen LogP contribution in [0.15, 0.2) is 101 Å². The minimum absolute atomic E-state index is 0.235. The van der Waals surface area contributed by atoms with Gasteiger partial charge in [-0.2, -0.15) is 0 Å². The highest BCUT2D eigenvalue weighted by atomic mass is 32.2. The summed E-state index contributed by atoms with van der Waals surface area (Å²) in [5.74, 6) is 0.478. The quantitative estimate of drug-likeness (QED) is 0.352. The van der Waals surface area contributed by atoms with E-state index in [-0.39, 0.29) is 10.1 Å². The van der Waals surface area contributed by atoms with Crippen molar-refractivity contribution >= 4 is 33.0 Å². The largest absolute Gasteiger partial charge is 0.489 e. The van der Waals surface area contributed by atoms with E-state index in [1.807, 2.05) is 54.6 Å². The molecule has 1 aromatic heterocycles. The van der Waals surface area contributed by atoms with Gasteiger partial charge in [0.05, 0.1) is 0 Å². The molecule has 4 aromatic rings. The molecule has 3 aromatic carbocycles. The second kappa shape index (κ2) is 10.3. The Balaban J connectivity index is 1.31. The third kappa shape index (κ3) is 6.21. The van der Waals surface area contributed by atoms with Gasteiger partial charge in [0.2, 0.25) is 0 Å². The van der Waals surface area contributed by atoms with E-state index in [1.54, 1.807) is 35.7 Å². The first-order valence-corrected chi connectivity index (χ1v) is 12.6. The molecule has 0 aliphatic carbocycles. The first-order chi connectivity index (χ1) is 16.0. The van der Waals surface area contributed by atoms with E-state index < -0.39 is 10.0 Å². The van der Waals surface area contributed by atoms with Crippen LogP contribution in [0.2, 0.25) is 0 Å². The highest BCUT2D eigenvalue weighted by Crippen LogP contribution is 2.20. The number of rotatable bonds is 9. The maximum atomic E-state index is 12.5. The lowest BCUT2D eigenvalue weighted by molar-refractivity contribution is 0.0951. The summed E-state index contributed by atoms with van der Waals surface area (Å²) in [6.07, 6.45) is 0. The fourth-order valence-electron chi connectivity index (χ4n) is 3.08. The fourth-order valence-corrected chi connectivity index (χ4v) is 5.13. The van der Waals surface area contributed by atoms with Crippen molar-refractivity contribution in [3.05, 3.63) is 113 Å². The zero-order valence-electron chi connectivity index (χ0n) is 17.6. The molecule has 0 spiro atoms. The topological polar surface area (TPSA) is 84.5 Å². The Morgan fingerprint density at radius 1 is 0.848 bits per heavy atom. The molecule has 1 heterocycles. The lowest BCUT2D eigenvalue weighted by atomic mass is 10.1. The van der Waals surface area contributed by atoms with Gasteiger partial charge in [0.1, 0.15) is 16.6 Å². The SMILES string of the molecule is O=C(NCc1cccc(OCc2ccccc2)c1)c1ccc(NS(=O)(=O)c2cccs2)cc1. The van der Waals surface area contributed by atoms with Crippen LogP contribution in [0.1, 0.15) is 21.5 Å². The van der Waals surface area contributed by atoms with E-state index in [0.717, 1.165) is 28.2 Å². The average Bonchev–Trinajstić information content (AvgIpc) is 3.39. The van der Waals surface area contributed by atoms with Gasteiger partial charge in [0.25, 0.3) is 15.9 Å². The Bertz CT molecular complexity index is 1300. The third-order valence-electron chi connectivity index (χ3n) is 4.76. The molecule has 8 heteroatoms. The van der Waals surface area contributed by atoms with Gasteiger partial charge in [-0.25, -0.2) is 8.42 Å². The van der Waals surface area contributed by atoms with Crippen LogP contribution in [-0.2, 0) is 23.2 Å². The highest BCUT2D eigenvalue weighted by Gasteiger charge is 2.15. The zero-order valence-corrected chi connectivity index (χ0v) is 19.2. The Kier molecular flexibility index (Phi) is 7.07. The Hall–Kier alpha value is -3.62. The van der Waals surface area contributed by atoms with Crippen LogP contribution in [0.5, 0.6) is 5.75 Å². The molecule has 0 saturated heterocycles. The number of hydrogen-bond donors (Lipinski definition) is 2. The number of amides is 1. The Morgan fingerprint density at radius 2 is 1.61 bits per heavy atom. The molecule has 0 bridgehead atoms. The number of carbonyl (C=O) groups is 1. The molecule has 2 N–H and O–H groups in total. The lowest BCUT2D eigenvalue weighted by Crippen LogP contribution is -2.22. The van der Waals surface area contributed by atoms with E-state index >= 15 is 0 Å². The van der Waals surface area contributed by atoms with E-state index in [9.17, 15) is 13.2 Å². The number of sulfonamides is 1. The standard InChI is InChI=1S/C25H22N2O4S2/c28-25(21-11-13-22(14-12-21)27-33(29,30)24-10-5-15-32-24)26-17-20-8-4-9-23(16-20)31-18-19-6-2-1-3-7-19/h1-16,27H,17-18H2,(H,26,28). The molecule has 0 aliphatic rings. The number of ether oxygens (including phenoxy) is 1. The van der Waals surface area contributed by atoms with Crippen molar-refractivity contribution in [2.75, 3.05) is 4.72 Å². The van der Waals surface area contributed by atoms with Crippen molar-refractivity contribution in [1.82, 2.24) is 5.32 Å². The van der Waals surface area contributed by atoms with Crippen LogP contribution in [0.3, 0.4) is 0 Å². The first-order valence-electron chi connectivity index (χ1n) is 10.2. The van der Waals surface area contributed by atoms with E-state index in [1.165, 1.54) is 6.07 Å². The molecule has 0 unspecified atom stereocenters. The van der Waals surface area contributed by atoms with Crippen LogP contribution in [0.25, 0.3) is 0 Å². The molecule has 0 aliphatic heterocycles. The maximum Gasteiger partial charge on any atom is 0.271 e. The summed E-state index contributed by atoms with van der Waals surface area (Å²) < 4.78 is 33.2. The van der Waals surface area contributed by atoms with Gasteiger partial charge in [-0.05, 0) is 59.0 Å². The number of anilines is 1. The molecule has 4 rings (SSSR count). The first kappa shape index (κ1) is 22.6. The number of carbonyl (C=O) groups excluding carboxylic acids is 1. The molecule has 168 valence electrons. The van der Waals surface area contributed by atoms with Gasteiger partial charge in [-0.15, -0.1) is 11.3 Å². The summed E-state index contributed by atoms with van der Waals surface area (Å²) in [5, 5.41) is 4.58. The summed E-state index contributed by atoms with van der Waals surface area (Å²) in [6.45, 7) is 0.813. The summed E-state index contributed by atoms with van der Waals surface area (Å²) in [4.78, 5) is 12.5. The van der Waals surface area contributed by atoms with Crippen LogP contribution in [-0.4, -0.2) is 14.3 Å². The number of thiophene rings is 1. The molecule has 0 fully saturated rings. The predicted octanol–water partition coefficient (Wildman–Crippen LogP) is 5.06. The number of benzene rings is 3. The zero-order chi connectivity index (χ0) is 23.1. The molecule has 1 amide bonds. The van der Waals surface area contributed by atoms with Gasteiger partial charge in [0.15, 0.2) is 0 Å². The van der Waals surface area contributed by atoms with Crippen molar-refractivity contribution in [2.45, 2.75) is 17.4 Å². The van der Waals surface area contributed by atoms with Gasteiger partial charge in [-0.3, -0.25) is 9.52 Å². The van der Waals surface area contributed by atoms with E-state index in [0.29, 0.717) is 24.4 Å². The van der Waals surface area contributed by atoms with E-state index in [2.05, 4.69) is 10.0 Å². The van der Waals surface area contributed by atoms with Crippen molar-refractivity contribution in [3.8, 4) is 5.75 Å². The van der Waals surface area contributed by atoms with Crippen molar-refractivity contribution in [3.63, 3.8) is 0 Å². The summed E-state index contributed by atoms with van der Waals surface area (Å²) in [7, 11) is -3.62. The highest BCUT2D eigenvalue weighted by molar-refractivity contribution is 7.94. The molecule has 6 nitrogen and oxygen atoms in total. The molecule has 0 saturated carbocycles. The molecule has 0 radical (unpaired) electrons. The fraction of sp³-hybridized carbons (Fsp3) is 0.0800. The minimum Gasteiger partial charge on any atom is -0.489 e. The Labute approximate surface area is 196 Å². The minimum atomic E-state index is -3.62. The second-order valence-corrected chi connectivity index (χ2v) is 10.1. The molecular weight excluding hydrogens is 456 g/mol. The van der Waals surface area contributed by atoms with E-state index in [4.69, 9.17) is 4.74 Å². The molecule has 33 heavy (non-hydrogen) atoms. The van der Waals surface area contributed by atoms with Crippen molar-refractivity contribution in [2.24, 2.45) is 0 Å². The van der Waals surface area contributed by atoms with Gasteiger partial charge < -0.3 is 10.1 Å². The van der Waals surface area contributed by atoms with Gasteiger partial charge in [-0.1, -0.05) is 48.5 Å². The van der Waals surface area contributed by atoms with Gasteiger partial charge in [0, 0.05) is 17.8 Å². The normalized spacial score (nSPS) is 11.0. The Morgan fingerprint density at radius 3 is 2.33 bits per heavy atom. The maximum absolute atomic E-state index is 12.5. The number of hydrogen-bond acceptors (Lipinski definition) is 5. The van der Waals surface area contributed by atoms with Crippen molar-refractivity contribution in [1.29, 1.82) is 0 Å². The van der Waals surface area contributed by atoms with Crippen LogP contribution < -0.4 is 14.8 Å². The third-order valence-corrected chi connectivity index (χ3v) is 7.54. The summed E-state index contributed by atoms with van der Waals surface area (Å²) in [6, 6.07) is 27.0. The van der Waals surface area contributed by atoms with Crippen LogP contribution >= 0.6 is 11.3 Å². The van der Waals surface area contributed by atoms with Crippen molar-refractivity contribution < 1.29 is 17.9 Å². The van der Waals surface area contributed by atoms with Crippen LogP contribution in [0.4, 0.5) is 5.69 Å². The second-order valence-electron chi connectivity index (χ2n) is 7.22. The lowest BCUT2D eigenvalue weighted by Gasteiger charge is -2.10. The van der Waals surface area contributed by atoms with Gasteiger partial charge >= 0.3 is 0 Å². The predicted molar refractivity (Wildman–Crippen MR) is 130 cm³/mol. The molecular formula is C25H22N2O4S2. The summed E-state index contributed by atoms with van der Waals surface area (Å²) in [5.41, 5.74) is 2.82. The smallest absolute Gasteiger partial charge is 0.271 e. The average molecular weight is 479 g/mol. The summed E-state index contributed by atoms with van der Waals surface area (Å²) >= 11 is 1.14. The van der Waals surface area contributed by atoms with Crippen LogP contribution in [0, 0.1) is 0 Å².